The number of aliphatic hydroxyl groups excluding tert-OH is 2. The molecule has 1 aliphatic carbocycles. The molecule has 0 saturated heterocycles. The minimum absolute atomic E-state index is 0.0629. The van der Waals surface area contributed by atoms with E-state index in [4.69, 9.17) is 5.11 Å². The molecule has 1 saturated carbocycles. The fourth-order valence-corrected chi connectivity index (χ4v) is 2.03. The van der Waals surface area contributed by atoms with E-state index < -0.39 is 29.7 Å². The highest BCUT2D eigenvalue weighted by atomic mass is 16.4. The lowest BCUT2D eigenvalue weighted by Gasteiger charge is -2.39. The SMILES string of the molecule is C=CC[C@H]1C[C@@](O)(C(=O)O)C[C@@H](O)[C@@H]1O. The number of allylic oxidation sites excluding steroid dienone is 1. The first-order chi connectivity index (χ1) is 6.90. The van der Waals surface area contributed by atoms with Crippen LogP contribution in [0.2, 0.25) is 0 Å². The summed E-state index contributed by atoms with van der Waals surface area (Å²) in [6, 6.07) is 0. The number of hydrogen-bond donors (Lipinski definition) is 4. The number of carboxylic acids is 1. The second-order valence-corrected chi connectivity index (χ2v) is 4.09. The van der Waals surface area contributed by atoms with Gasteiger partial charge in [0, 0.05) is 6.42 Å². The molecule has 0 aromatic heterocycles. The van der Waals surface area contributed by atoms with Crippen LogP contribution in [0.5, 0.6) is 0 Å². The molecule has 1 aliphatic rings. The molecule has 0 amide bonds. The Bertz CT molecular complexity index is 265. The lowest BCUT2D eigenvalue weighted by Crippen LogP contribution is -2.53. The van der Waals surface area contributed by atoms with Crippen LogP contribution in [0.3, 0.4) is 0 Å². The Labute approximate surface area is 87.7 Å². The van der Waals surface area contributed by atoms with E-state index in [-0.39, 0.29) is 12.8 Å². The summed E-state index contributed by atoms with van der Waals surface area (Å²) in [6.07, 6.45) is -0.696. The van der Waals surface area contributed by atoms with Gasteiger partial charge in [-0.3, -0.25) is 0 Å². The summed E-state index contributed by atoms with van der Waals surface area (Å²) < 4.78 is 0. The number of carboxylic acid groups (broad SMARTS) is 1. The van der Waals surface area contributed by atoms with Crippen molar-refractivity contribution in [2.75, 3.05) is 0 Å². The van der Waals surface area contributed by atoms with E-state index >= 15 is 0 Å². The van der Waals surface area contributed by atoms with Gasteiger partial charge in [0.25, 0.3) is 0 Å². The van der Waals surface area contributed by atoms with E-state index in [0.717, 1.165) is 0 Å². The van der Waals surface area contributed by atoms with E-state index in [1.807, 2.05) is 0 Å². The molecule has 0 unspecified atom stereocenters. The van der Waals surface area contributed by atoms with Gasteiger partial charge in [0.05, 0.1) is 12.2 Å². The highest BCUT2D eigenvalue weighted by Crippen LogP contribution is 2.35. The molecular formula is C10H16O5. The number of aliphatic carboxylic acids is 1. The van der Waals surface area contributed by atoms with Gasteiger partial charge in [-0.2, -0.15) is 0 Å². The molecule has 0 radical (unpaired) electrons. The van der Waals surface area contributed by atoms with Crippen molar-refractivity contribution in [2.24, 2.45) is 5.92 Å². The third kappa shape index (κ3) is 2.37. The van der Waals surface area contributed by atoms with Crippen LogP contribution >= 0.6 is 0 Å². The molecule has 0 bridgehead atoms. The molecule has 4 atom stereocenters. The minimum Gasteiger partial charge on any atom is -0.479 e. The van der Waals surface area contributed by atoms with Crippen LogP contribution in [0.25, 0.3) is 0 Å². The summed E-state index contributed by atoms with van der Waals surface area (Å²) in [4.78, 5) is 10.8. The van der Waals surface area contributed by atoms with Crippen LogP contribution < -0.4 is 0 Å². The predicted molar refractivity (Wildman–Crippen MR) is 52.1 cm³/mol. The molecule has 5 nitrogen and oxygen atoms in total. The highest BCUT2D eigenvalue weighted by Gasteiger charge is 2.48. The fraction of sp³-hybridized carbons (Fsp3) is 0.700. The van der Waals surface area contributed by atoms with Gasteiger partial charge in [0.2, 0.25) is 0 Å². The lowest BCUT2D eigenvalue weighted by atomic mass is 9.73. The third-order valence-corrected chi connectivity index (χ3v) is 2.89. The van der Waals surface area contributed by atoms with Gasteiger partial charge in [0.15, 0.2) is 5.60 Å². The zero-order chi connectivity index (χ0) is 11.6. The van der Waals surface area contributed by atoms with Crippen molar-refractivity contribution in [1.82, 2.24) is 0 Å². The van der Waals surface area contributed by atoms with Gasteiger partial charge in [-0.25, -0.2) is 4.79 Å². The van der Waals surface area contributed by atoms with Gasteiger partial charge >= 0.3 is 5.97 Å². The number of rotatable bonds is 3. The monoisotopic (exact) mass is 216 g/mol. The van der Waals surface area contributed by atoms with Crippen molar-refractivity contribution >= 4 is 5.97 Å². The standard InChI is InChI=1S/C10H16O5/c1-2-3-6-4-10(15,9(13)14)5-7(11)8(6)12/h2,6-8,11-12,15H,1,3-5H2,(H,13,14)/t6-,7+,8+,10-/m0/s1. The molecular weight excluding hydrogens is 200 g/mol. The third-order valence-electron chi connectivity index (χ3n) is 2.89. The average Bonchev–Trinajstić information content (AvgIpc) is 2.14. The molecule has 86 valence electrons. The van der Waals surface area contributed by atoms with E-state index in [1.165, 1.54) is 6.08 Å². The Hall–Kier alpha value is -0.910. The predicted octanol–water partition coefficient (Wildman–Crippen LogP) is -0.490. The van der Waals surface area contributed by atoms with Crippen LogP contribution in [0, 0.1) is 5.92 Å². The smallest absolute Gasteiger partial charge is 0.335 e. The van der Waals surface area contributed by atoms with Crippen molar-refractivity contribution < 1.29 is 25.2 Å². The molecule has 4 N–H and O–H groups in total. The Morgan fingerprint density at radius 3 is 2.53 bits per heavy atom. The van der Waals surface area contributed by atoms with E-state index in [0.29, 0.717) is 6.42 Å². The maximum atomic E-state index is 10.8. The Kier molecular flexibility index (Phi) is 3.49. The Balaban J connectivity index is 2.83. The lowest BCUT2D eigenvalue weighted by molar-refractivity contribution is -0.178. The second kappa shape index (κ2) is 4.30. The normalized spacial score (nSPS) is 41.1. The van der Waals surface area contributed by atoms with Crippen LogP contribution in [0.4, 0.5) is 0 Å². The number of carbonyl (C=O) groups is 1. The topological polar surface area (TPSA) is 98.0 Å². The summed E-state index contributed by atoms with van der Waals surface area (Å²) in [5.41, 5.74) is -1.94. The van der Waals surface area contributed by atoms with Crippen molar-refractivity contribution in [3.05, 3.63) is 12.7 Å². The maximum absolute atomic E-state index is 10.8. The zero-order valence-corrected chi connectivity index (χ0v) is 8.33. The first-order valence-electron chi connectivity index (χ1n) is 4.83. The summed E-state index contributed by atoms with van der Waals surface area (Å²) >= 11 is 0. The van der Waals surface area contributed by atoms with Crippen molar-refractivity contribution in [3.63, 3.8) is 0 Å². The molecule has 0 aromatic carbocycles. The van der Waals surface area contributed by atoms with Gasteiger partial charge in [-0.05, 0) is 18.8 Å². The van der Waals surface area contributed by atoms with Crippen molar-refractivity contribution in [2.45, 2.75) is 37.1 Å². The maximum Gasteiger partial charge on any atom is 0.335 e. The van der Waals surface area contributed by atoms with E-state index in [9.17, 15) is 20.1 Å². The second-order valence-electron chi connectivity index (χ2n) is 4.09. The quantitative estimate of drug-likeness (QED) is 0.477. The summed E-state index contributed by atoms with van der Waals surface area (Å²) in [6.45, 7) is 3.49. The summed E-state index contributed by atoms with van der Waals surface area (Å²) in [5, 5.41) is 37.6. The Morgan fingerprint density at radius 2 is 2.07 bits per heavy atom. The first kappa shape index (κ1) is 12.2. The van der Waals surface area contributed by atoms with Crippen LogP contribution in [0.15, 0.2) is 12.7 Å². The molecule has 5 heteroatoms. The minimum atomic E-state index is -1.94. The first-order valence-corrected chi connectivity index (χ1v) is 4.83. The van der Waals surface area contributed by atoms with Crippen LogP contribution in [-0.4, -0.2) is 44.2 Å². The highest BCUT2D eigenvalue weighted by molar-refractivity contribution is 5.77. The Morgan fingerprint density at radius 1 is 1.47 bits per heavy atom. The molecule has 0 aliphatic heterocycles. The molecule has 1 fully saturated rings. The number of hydrogen-bond acceptors (Lipinski definition) is 4. The molecule has 0 heterocycles. The summed E-state index contributed by atoms with van der Waals surface area (Å²) in [5.74, 6) is -1.82. The van der Waals surface area contributed by atoms with E-state index in [1.54, 1.807) is 0 Å². The van der Waals surface area contributed by atoms with Crippen LogP contribution in [-0.2, 0) is 4.79 Å². The number of aliphatic hydroxyl groups is 3. The molecule has 0 spiro atoms. The molecule has 0 aromatic rings. The van der Waals surface area contributed by atoms with Gasteiger partial charge in [0.1, 0.15) is 0 Å². The van der Waals surface area contributed by atoms with Gasteiger partial charge in [-0.1, -0.05) is 6.08 Å². The zero-order valence-electron chi connectivity index (χ0n) is 8.33. The van der Waals surface area contributed by atoms with Crippen molar-refractivity contribution in [3.8, 4) is 0 Å². The van der Waals surface area contributed by atoms with Gasteiger partial charge in [-0.15, -0.1) is 6.58 Å². The molecule has 15 heavy (non-hydrogen) atoms. The summed E-state index contributed by atoms with van der Waals surface area (Å²) in [7, 11) is 0. The van der Waals surface area contributed by atoms with Crippen LogP contribution in [0.1, 0.15) is 19.3 Å². The molecule has 1 rings (SSSR count). The largest absolute Gasteiger partial charge is 0.479 e. The van der Waals surface area contributed by atoms with Gasteiger partial charge < -0.3 is 20.4 Å². The van der Waals surface area contributed by atoms with E-state index in [2.05, 4.69) is 6.58 Å². The van der Waals surface area contributed by atoms with Crippen molar-refractivity contribution in [1.29, 1.82) is 0 Å². The average molecular weight is 216 g/mol. The fourth-order valence-electron chi connectivity index (χ4n) is 2.03.